The molecule has 0 aliphatic heterocycles. The molecule has 1 unspecified atom stereocenters. The molecular formula is C10H18N2O. The number of nitrogens with one attached hydrogen (secondary N) is 2. The molecule has 0 aromatic carbocycles. The molecule has 0 saturated heterocycles. The second-order valence-electron chi connectivity index (χ2n) is 3.14. The largest absolute Gasteiger partial charge is 0.383 e. The van der Waals surface area contributed by atoms with E-state index in [1.165, 1.54) is 5.69 Å². The van der Waals surface area contributed by atoms with Crippen LogP contribution in [-0.2, 0) is 11.3 Å². The maximum absolute atomic E-state index is 5.09. The third-order valence-corrected chi connectivity index (χ3v) is 2.10. The van der Waals surface area contributed by atoms with Gasteiger partial charge in [-0.3, -0.25) is 0 Å². The van der Waals surface area contributed by atoms with Crippen molar-refractivity contribution >= 4 is 0 Å². The van der Waals surface area contributed by atoms with E-state index in [4.69, 9.17) is 4.74 Å². The van der Waals surface area contributed by atoms with Crippen LogP contribution in [0.3, 0.4) is 0 Å². The van der Waals surface area contributed by atoms with Crippen molar-refractivity contribution in [3.05, 3.63) is 24.0 Å². The molecule has 1 rings (SSSR count). The summed E-state index contributed by atoms with van der Waals surface area (Å²) in [7, 11) is 1.74. The Morgan fingerprint density at radius 3 is 3.00 bits per heavy atom. The van der Waals surface area contributed by atoms with E-state index in [1.54, 1.807) is 7.11 Å². The van der Waals surface area contributed by atoms with Crippen molar-refractivity contribution in [3.8, 4) is 0 Å². The van der Waals surface area contributed by atoms with Crippen molar-refractivity contribution in [1.29, 1.82) is 0 Å². The predicted octanol–water partition coefficient (Wildman–Crippen LogP) is 1.53. The number of hydrogen-bond acceptors (Lipinski definition) is 2. The molecule has 0 radical (unpaired) electrons. The lowest BCUT2D eigenvalue weighted by Gasteiger charge is -2.14. The third-order valence-electron chi connectivity index (χ3n) is 2.10. The Morgan fingerprint density at radius 1 is 1.62 bits per heavy atom. The number of methoxy groups -OCH3 is 1. The first-order valence-corrected chi connectivity index (χ1v) is 4.71. The van der Waals surface area contributed by atoms with Crippen molar-refractivity contribution in [2.75, 3.05) is 13.7 Å². The monoisotopic (exact) mass is 182 g/mol. The van der Waals surface area contributed by atoms with Crippen LogP contribution in [0.15, 0.2) is 18.3 Å². The fourth-order valence-electron chi connectivity index (χ4n) is 1.25. The van der Waals surface area contributed by atoms with Crippen molar-refractivity contribution in [2.24, 2.45) is 0 Å². The lowest BCUT2D eigenvalue weighted by Crippen LogP contribution is -2.32. The Balaban J connectivity index is 2.23. The van der Waals surface area contributed by atoms with E-state index in [0.717, 1.165) is 19.6 Å². The molecule has 0 saturated carbocycles. The molecule has 3 heteroatoms. The van der Waals surface area contributed by atoms with E-state index in [-0.39, 0.29) is 0 Å². The van der Waals surface area contributed by atoms with Gasteiger partial charge in [-0.05, 0) is 18.6 Å². The first kappa shape index (κ1) is 10.3. The van der Waals surface area contributed by atoms with Crippen LogP contribution >= 0.6 is 0 Å². The van der Waals surface area contributed by atoms with E-state index in [0.29, 0.717) is 6.04 Å². The van der Waals surface area contributed by atoms with Gasteiger partial charge in [-0.2, -0.15) is 0 Å². The molecule has 0 fully saturated rings. The van der Waals surface area contributed by atoms with Crippen molar-refractivity contribution < 1.29 is 4.74 Å². The van der Waals surface area contributed by atoms with Gasteiger partial charge in [-0.1, -0.05) is 6.92 Å². The van der Waals surface area contributed by atoms with Crippen LogP contribution in [0.25, 0.3) is 0 Å². The molecule has 1 atom stereocenters. The normalized spacial score (nSPS) is 13.1. The Morgan fingerprint density at radius 2 is 2.46 bits per heavy atom. The van der Waals surface area contributed by atoms with Gasteiger partial charge in [0.1, 0.15) is 0 Å². The molecule has 0 spiro atoms. The summed E-state index contributed by atoms with van der Waals surface area (Å²) in [6, 6.07) is 4.54. The number of ether oxygens (including phenoxy) is 1. The number of rotatable bonds is 6. The lowest BCUT2D eigenvalue weighted by atomic mass is 10.2. The lowest BCUT2D eigenvalue weighted by molar-refractivity contribution is 0.163. The summed E-state index contributed by atoms with van der Waals surface area (Å²) in [6.45, 7) is 3.82. The molecular weight excluding hydrogens is 164 g/mol. The molecule has 74 valence electrons. The van der Waals surface area contributed by atoms with E-state index < -0.39 is 0 Å². The third kappa shape index (κ3) is 3.61. The van der Waals surface area contributed by atoms with Crippen molar-refractivity contribution in [3.63, 3.8) is 0 Å². The molecule has 0 amide bonds. The Labute approximate surface area is 79.5 Å². The van der Waals surface area contributed by atoms with Crippen LogP contribution in [0.4, 0.5) is 0 Å². The molecule has 13 heavy (non-hydrogen) atoms. The summed E-state index contributed by atoms with van der Waals surface area (Å²) in [6.07, 6.45) is 3.03. The predicted molar refractivity (Wildman–Crippen MR) is 53.6 cm³/mol. The smallest absolute Gasteiger partial charge is 0.0615 e. The van der Waals surface area contributed by atoms with E-state index in [2.05, 4.69) is 23.3 Å². The van der Waals surface area contributed by atoms with E-state index in [1.807, 2.05) is 12.3 Å². The fourth-order valence-corrected chi connectivity index (χ4v) is 1.25. The van der Waals surface area contributed by atoms with Crippen LogP contribution in [0, 0.1) is 0 Å². The average molecular weight is 182 g/mol. The topological polar surface area (TPSA) is 37.0 Å². The van der Waals surface area contributed by atoms with Gasteiger partial charge in [-0.25, -0.2) is 0 Å². The van der Waals surface area contributed by atoms with Gasteiger partial charge in [-0.15, -0.1) is 0 Å². The van der Waals surface area contributed by atoms with Crippen LogP contribution in [0.1, 0.15) is 19.0 Å². The van der Waals surface area contributed by atoms with Gasteiger partial charge in [0.2, 0.25) is 0 Å². The molecule has 1 aromatic rings. The average Bonchev–Trinajstić information content (AvgIpc) is 2.64. The van der Waals surface area contributed by atoms with Gasteiger partial charge < -0.3 is 15.0 Å². The molecule has 3 nitrogen and oxygen atoms in total. The SMILES string of the molecule is CCC(COC)NCc1ccc[nH]1. The first-order chi connectivity index (χ1) is 6.36. The van der Waals surface area contributed by atoms with Crippen LogP contribution in [0.2, 0.25) is 0 Å². The quantitative estimate of drug-likeness (QED) is 0.700. The summed E-state index contributed by atoms with van der Waals surface area (Å²) < 4.78 is 5.09. The summed E-state index contributed by atoms with van der Waals surface area (Å²) in [5.41, 5.74) is 1.22. The fraction of sp³-hybridized carbons (Fsp3) is 0.600. The number of aromatic amines is 1. The zero-order valence-electron chi connectivity index (χ0n) is 8.34. The summed E-state index contributed by atoms with van der Waals surface area (Å²) in [4.78, 5) is 3.16. The zero-order chi connectivity index (χ0) is 9.52. The molecule has 1 aromatic heterocycles. The zero-order valence-corrected chi connectivity index (χ0v) is 8.34. The van der Waals surface area contributed by atoms with Gasteiger partial charge in [0.15, 0.2) is 0 Å². The summed E-state index contributed by atoms with van der Waals surface area (Å²) >= 11 is 0. The molecule has 0 aliphatic rings. The second-order valence-corrected chi connectivity index (χ2v) is 3.14. The van der Waals surface area contributed by atoms with E-state index >= 15 is 0 Å². The molecule has 1 heterocycles. The minimum Gasteiger partial charge on any atom is -0.383 e. The number of aromatic nitrogens is 1. The Bertz CT molecular complexity index is 209. The van der Waals surface area contributed by atoms with Crippen LogP contribution in [-0.4, -0.2) is 24.7 Å². The minimum absolute atomic E-state index is 0.452. The van der Waals surface area contributed by atoms with Gasteiger partial charge in [0, 0.05) is 31.6 Å². The summed E-state index contributed by atoms with van der Waals surface area (Å²) in [5.74, 6) is 0. The highest BCUT2D eigenvalue weighted by Crippen LogP contribution is 1.97. The Hall–Kier alpha value is -0.800. The highest BCUT2D eigenvalue weighted by atomic mass is 16.5. The number of hydrogen-bond donors (Lipinski definition) is 2. The molecule has 0 bridgehead atoms. The Kier molecular flexibility index (Phi) is 4.57. The van der Waals surface area contributed by atoms with E-state index in [9.17, 15) is 0 Å². The maximum atomic E-state index is 5.09. The van der Waals surface area contributed by atoms with Crippen molar-refractivity contribution in [2.45, 2.75) is 25.9 Å². The van der Waals surface area contributed by atoms with Crippen LogP contribution < -0.4 is 5.32 Å². The minimum atomic E-state index is 0.452. The first-order valence-electron chi connectivity index (χ1n) is 4.71. The van der Waals surface area contributed by atoms with Gasteiger partial charge >= 0.3 is 0 Å². The van der Waals surface area contributed by atoms with Crippen molar-refractivity contribution in [1.82, 2.24) is 10.3 Å². The maximum Gasteiger partial charge on any atom is 0.0615 e. The van der Waals surface area contributed by atoms with Gasteiger partial charge in [0.05, 0.1) is 6.61 Å². The standard InChI is InChI=1S/C10H18N2O/c1-3-9(8-13-2)12-7-10-5-4-6-11-10/h4-6,9,11-12H,3,7-8H2,1-2H3. The highest BCUT2D eigenvalue weighted by Gasteiger charge is 2.04. The molecule has 0 aliphatic carbocycles. The molecule has 2 N–H and O–H groups in total. The number of H-pyrrole nitrogens is 1. The summed E-state index contributed by atoms with van der Waals surface area (Å²) in [5, 5.41) is 3.42. The second kappa shape index (κ2) is 5.78. The highest BCUT2D eigenvalue weighted by molar-refractivity contribution is 5.03. The van der Waals surface area contributed by atoms with Crippen LogP contribution in [0.5, 0.6) is 0 Å². The van der Waals surface area contributed by atoms with Gasteiger partial charge in [0.25, 0.3) is 0 Å².